The highest BCUT2D eigenvalue weighted by Crippen LogP contribution is 2.30. The van der Waals surface area contributed by atoms with Gasteiger partial charge in [0, 0.05) is 29.1 Å². The Labute approximate surface area is 167 Å². The fourth-order valence-electron chi connectivity index (χ4n) is 2.82. The van der Waals surface area contributed by atoms with Crippen LogP contribution in [-0.4, -0.2) is 20.6 Å². The van der Waals surface area contributed by atoms with Gasteiger partial charge in [-0.25, -0.2) is 4.79 Å². The molecule has 3 aromatic rings. The van der Waals surface area contributed by atoms with Crippen molar-refractivity contribution in [2.75, 3.05) is 4.90 Å². The Kier molecular flexibility index (Phi) is 5.62. The highest BCUT2D eigenvalue weighted by atomic mass is 79.9. The average Bonchev–Trinajstić information content (AvgIpc) is 3.17. The maximum absolute atomic E-state index is 12.7. The highest BCUT2D eigenvalue weighted by Gasteiger charge is 2.22. The van der Waals surface area contributed by atoms with E-state index in [1.165, 1.54) is 11.6 Å². The first kappa shape index (κ1) is 19.1. The minimum Gasteiger partial charge on any atom is -0.411 e. The van der Waals surface area contributed by atoms with Gasteiger partial charge in [-0.1, -0.05) is 27.2 Å². The van der Waals surface area contributed by atoms with Gasteiger partial charge in [0.2, 0.25) is 0 Å². The smallest absolute Gasteiger partial charge is 0.332 e. The summed E-state index contributed by atoms with van der Waals surface area (Å²) in [7, 11) is 2.98. The van der Waals surface area contributed by atoms with Gasteiger partial charge >= 0.3 is 5.69 Å². The number of nitrogens with zero attached hydrogens (tertiary/aromatic N) is 4. The van der Waals surface area contributed by atoms with Gasteiger partial charge in [0.1, 0.15) is 11.4 Å². The number of benzene rings is 1. The lowest BCUT2D eigenvalue weighted by atomic mass is 10.2. The Hall–Kier alpha value is -2.65. The molecule has 0 fully saturated rings. The molecule has 2 heterocycles. The van der Waals surface area contributed by atoms with Crippen LogP contribution < -0.4 is 16.1 Å². The normalized spacial score (nSPS) is 11.2. The molecule has 0 amide bonds. The van der Waals surface area contributed by atoms with Crippen molar-refractivity contribution in [3.8, 4) is 0 Å². The first-order valence-electron chi connectivity index (χ1n) is 7.97. The number of thiophene rings is 1. The summed E-state index contributed by atoms with van der Waals surface area (Å²) >= 11 is 4.99. The molecular weight excluding hydrogens is 432 g/mol. The fraction of sp³-hybridized carbons (Fsp3) is 0.167. The maximum Gasteiger partial charge on any atom is 0.332 e. The van der Waals surface area contributed by atoms with Crippen LogP contribution in [0, 0.1) is 0 Å². The Morgan fingerprint density at radius 3 is 2.48 bits per heavy atom. The van der Waals surface area contributed by atoms with Crippen molar-refractivity contribution in [1.82, 2.24) is 9.13 Å². The van der Waals surface area contributed by atoms with Gasteiger partial charge in [-0.2, -0.15) is 0 Å². The summed E-state index contributed by atoms with van der Waals surface area (Å²) in [6.07, 6.45) is 1.07. The molecule has 0 spiro atoms. The predicted molar refractivity (Wildman–Crippen MR) is 111 cm³/mol. The molecule has 0 aliphatic carbocycles. The molecule has 0 saturated carbocycles. The standard InChI is InChI=1S/C18H17BrN4O3S/c1-21-16(15(10-20-26)17(24)22(2)18(21)25)23(11-14-4-3-9-27-14)13-7-5-12(19)6-8-13/h3-10,26H,11H2,1-2H3/b20-10+. The SMILES string of the molecule is Cn1c(N(Cc2cccs2)c2ccc(Br)cc2)c(/C=N/O)c(=O)n(C)c1=O. The van der Waals surface area contributed by atoms with Gasteiger partial charge in [-0.05, 0) is 35.7 Å². The summed E-state index contributed by atoms with van der Waals surface area (Å²) in [6.45, 7) is 0.450. The molecular formula is C18H17BrN4O3S. The van der Waals surface area contributed by atoms with Gasteiger partial charge in [-0.15, -0.1) is 11.3 Å². The molecule has 0 aliphatic heterocycles. The number of aromatic nitrogens is 2. The number of rotatable bonds is 5. The van der Waals surface area contributed by atoms with Gasteiger partial charge in [0.15, 0.2) is 0 Å². The number of hydrogen-bond acceptors (Lipinski definition) is 6. The highest BCUT2D eigenvalue weighted by molar-refractivity contribution is 9.10. The molecule has 9 heteroatoms. The van der Waals surface area contributed by atoms with Crippen molar-refractivity contribution in [2.45, 2.75) is 6.54 Å². The van der Waals surface area contributed by atoms with Crippen LogP contribution in [0.5, 0.6) is 0 Å². The largest absolute Gasteiger partial charge is 0.411 e. The quantitative estimate of drug-likeness (QED) is 0.369. The molecule has 140 valence electrons. The molecule has 3 rings (SSSR count). The molecule has 0 atom stereocenters. The summed E-state index contributed by atoms with van der Waals surface area (Å²) in [5, 5.41) is 14.1. The molecule has 7 nitrogen and oxygen atoms in total. The van der Waals surface area contributed by atoms with Crippen LogP contribution in [0.15, 0.2) is 61.0 Å². The molecule has 0 aliphatic rings. The third-order valence-corrected chi connectivity index (χ3v) is 5.53. The predicted octanol–water partition coefficient (Wildman–Crippen LogP) is 3.05. The molecule has 1 N–H and O–H groups in total. The van der Waals surface area contributed by atoms with Gasteiger partial charge in [-0.3, -0.25) is 13.9 Å². The number of anilines is 2. The first-order valence-corrected chi connectivity index (χ1v) is 9.64. The van der Waals surface area contributed by atoms with E-state index in [1.54, 1.807) is 18.4 Å². The zero-order valence-corrected chi connectivity index (χ0v) is 17.1. The second-order valence-electron chi connectivity index (χ2n) is 5.83. The zero-order chi connectivity index (χ0) is 19.6. The van der Waals surface area contributed by atoms with Crippen LogP contribution in [0.4, 0.5) is 11.5 Å². The van der Waals surface area contributed by atoms with E-state index in [1.807, 2.05) is 46.7 Å². The third kappa shape index (κ3) is 3.74. The molecule has 0 unspecified atom stereocenters. The number of halogens is 1. The Morgan fingerprint density at radius 1 is 1.19 bits per heavy atom. The van der Waals surface area contributed by atoms with E-state index >= 15 is 0 Å². The third-order valence-electron chi connectivity index (χ3n) is 4.14. The summed E-state index contributed by atoms with van der Waals surface area (Å²) in [5.74, 6) is 0.358. The van der Waals surface area contributed by atoms with Crippen LogP contribution in [0.2, 0.25) is 0 Å². The van der Waals surface area contributed by atoms with Crippen LogP contribution in [0.25, 0.3) is 0 Å². The Morgan fingerprint density at radius 2 is 1.89 bits per heavy atom. The second kappa shape index (κ2) is 7.93. The Bertz CT molecular complexity index is 1090. The van der Waals surface area contributed by atoms with E-state index in [4.69, 9.17) is 5.21 Å². The lowest BCUT2D eigenvalue weighted by molar-refractivity contribution is 0.321. The average molecular weight is 449 g/mol. The second-order valence-corrected chi connectivity index (χ2v) is 7.78. The van der Waals surface area contributed by atoms with Crippen molar-refractivity contribution < 1.29 is 5.21 Å². The first-order chi connectivity index (χ1) is 12.9. The molecule has 0 saturated heterocycles. The summed E-state index contributed by atoms with van der Waals surface area (Å²) < 4.78 is 3.29. The van der Waals surface area contributed by atoms with E-state index in [-0.39, 0.29) is 5.56 Å². The van der Waals surface area contributed by atoms with E-state index < -0.39 is 11.2 Å². The number of oxime groups is 1. The molecule has 0 radical (unpaired) electrons. The molecule has 2 aromatic heterocycles. The molecule has 27 heavy (non-hydrogen) atoms. The van der Waals surface area contributed by atoms with Crippen molar-refractivity contribution in [2.24, 2.45) is 19.3 Å². The fourth-order valence-corrected chi connectivity index (χ4v) is 3.78. The zero-order valence-electron chi connectivity index (χ0n) is 14.7. The van der Waals surface area contributed by atoms with E-state index in [0.717, 1.165) is 25.8 Å². The Balaban J connectivity index is 2.30. The van der Waals surface area contributed by atoms with Crippen molar-refractivity contribution in [1.29, 1.82) is 0 Å². The van der Waals surface area contributed by atoms with Crippen molar-refractivity contribution in [3.63, 3.8) is 0 Å². The van der Waals surface area contributed by atoms with Crippen LogP contribution >= 0.6 is 27.3 Å². The van der Waals surface area contributed by atoms with Gasteiger partial charge in [0.25, 0.3) is 5.56 Å². The summed E-state index contributed by atoms with van der Waals surface area (Å²) in [4.78, 5) is 28.1. The topological polar surface area (TPSA) is 79.8 Å². The van der Waals surface area contributed by atoms with Gasteiger partial charge < -0.3 is 10.1 Å². The molecule has 0 bridgehead atoms. The van der Waals surface area contributed by atoms with Crippen LogP contribution in [0.3, 0.4) is 0 Å². The monoisotopic (exact) mass is 448 g/mol. The van der Waals surface area contributed by atoms with Crippen molar-refractivity contribution in [3.05, 3.63) is 77.5 Å². The van der Waals surface area contributed by atoms with E-state index in [9.17, 15) is 9.59 Å². The minimum absolute atomic E-state index is 0.126. The molecule has 1 aromatic carbocycles. The van der Waals surface area contributed by atoms with Gasteiger partial charge in [0.05, 0.1) is 12.8 Å². The summed E-state index contributed by atoms with van der Waals surface area (Å²) in [6, 6.07) is 11.5. The van der Waals surface area contributed by atoms with E-state index in [0.29, 0.717) is 12.4 Å². The summed E-state index contributed by atoms with van der Waals surface area (Å²) in [5.41, 5.74) is -0.0680. The lowest BCUT2D eigenvalue weighted by Crippen LogP contribution is -2.42. The van der Waals surface area contributed by atoms with Crippen LogP contribution in [0.1, 0.15) is 10.4 Å². The maximum atomic E-state index is 12.7. The lowest BCUT2D eigenvalue weighted by Gasteiger charge is -2.28. The number of hydrogen-bond donors (Lipinski definition) is 1. The van der Waals surface area contributed by atoms with E-state index in [2.05, 4.69) is 21.1 Å². The van der Waals surface area contributed by atoms with Crippen molar-refractivity contribution >= 4 is 45.0 Å². The minimum atomic E-state index is -0.529. The van der Waals surface area contributed by atoms with Crippen LogP contribution in [-0.2, 0) is 20.6 Å².